The minimum Gasteiger partial charge on any atom is -0.371 e. The summed E-state index contributed by atoms with van der Waals surface area (Å²) >= 11 is 11.3. The van der Waals surface area contributed by atoms with Crippen LogP contribution in [0.5, 0.6) is 0 Å². The van der Waals surface area contributed by atoms with E-state index in [0.29, 0.717) is 23.7 Å². The Kier molecular flexibility index (Phi) is 9.53. The lowest BCUT2D eigenvalue weighted by atomic mass is 9.98. The number of nitrogens with zero attached hydrogens (tertiary/aromatic N) is 2. The number of hydrogen-bond acceptors (Lipinski definition) is 4. The zero-order valence-electron chi connectivity index (χ0n) is 17.5. The van der Waals surface area contributed by atoms with Gasteiger partial charge in [0.1, 0.15) is 0 Å². The molecule has 1 fully saturated rings. The first-order valence-electron chi connectivity index (χ1n) is 10.3. The standard InChI is InChI=1S/C21H32Cl2N4O2/c1-4-26(5-2)13-10-24-20(28)17-14-16(25-21(29)19(22)23)6-7-18(17)27-11-8-15(3)9-12-27/h6-7,14-15,19H,4-5,8-13H2,1-3H3,(H,24,28)(H,25,29). The molecule has 0 bridgehead atoms. The van der Waals surface area contributed by atoms with E-state index in [2.05, 4.69) is 41.2 Å². The van der Waals surface area contributed by atoms with Crippen molar-refractivity contribution in [3.63, 3.8) is 0 Å². The van der Waals surface area contributed by atoms with Gasteiger partial charge in [0, 0.05) is 37.6 Å². The summed E-state index contributed by atoms with van der Waals surface area (Å²) in [6.45, 7) is 11.6. The van der Waals surface area contributed by atoms with Gasteiger partial charge in [-0.3, -0.25) is 9.59 Å². The number of alkyl halides is 2. The van der Waals surface area contributed by atoms with Crippen LogP contribution in [0.25, 0.3) is 0 Å². The van der Waals surface area contributed by atoms with Gasteiger partial charge in [-0.2, -0.15) is 0 Å². The number of hydrogen-bond donors (Lipinski definition) is 2. The van der Waals surface area contributed by atoms with E-state index < -0.39 is 10.7 Å². The number of halogens is 2. The van der Waals surface area contributed by atoms with E-state index in [9.17, 15) is 9.59 Å². The molecule has 1 aliphatic rings. The Labute approximate surface area is 183 Å². The van der Waals surface area contributed by atoms with Crippen molar-refractivity contribution in [3.8, 4) is 0 Å². The smallest absolute Gasteiger partial charge is 0.257 e. The number of carbonyl (C=O) groups excluding carboxylic acids is 2. The lowest BCUT2D eigenvalue weighted by molar-refractivity contribution is -0.114. The molecule has 0 saturated carbocycles. The van der Waals surface area contributed by atoms with Gasteiger partial charge in [0.15, 0.2) is 4.84 Å². The molecule has 6 nitrogen and oxygen atoms in total. The predicted molar refractivity (Wildman–Crippen MR) is 121 cm³/mol. The summed E-state index contributed by atoms with van der Waals surface area (Å²) in [6, 6.07) is 5.38. The second kappa shape index (κ2) is 11.6. The Hall–Kier alpha value is -1.50. The number of carbonyl (C=O) groups is 2. The minimum absolute atomic E-state index is 0.143. The van der Waals surface area contributed by atoms with E-state index in [-0.39, 0.29) is 5.91 Å². The molecule has 8 heteroatoms. The molecule has 0 aliphatic carbocycles. The quantitative estimate of drug-likeness (QED) is 0.571. The van der Waals surface area contributed by atoms with E-state index in [1.54, 1.807) is 12.1 Å². The third kappa shape index (κ3) is 7.05. The SMILES string of the molecule is CCN(CC)CCNC(=O)c1cc(NC(=O)C(Cl)Cl)ccc1N1CCC(C)CC1. The first-order valence-corrected chi connectivity index (χ1v) is 11.2. The molecule has 1 aromatic rings. The van der Waals surface area contributed by atoms with Crippen molar-refractivity contribution in [2.45, 2.75) is 38.4 Å². The van der Waals surface area contributed by atoms with Gasteiger partial charge in [0.25, 0.3) is 11.8 Å². The Morgan fingerprint density at radius 1 is 1.21 bits per heavy atom. The maximum atomic E-state index is 13.0. The monoisotopic (exact) mass is 442 g/mol. The molecule has 2 amide bonds. The fourth-order valence-corrected chi connectivity index (χ4v) is 3.59. The molecule has 2 rings (SSSR count). The Balaban J connectivity index is 2.19. The van der Waals surface area contributed by atoms with E-state index in [4.69, 9.17) is 23.2 Å². The summed E-state index contributed by atoms with van der Waals surface area (Å²) in [6.07, 6.45) is 2.20. The Morgan fingerprint density at radius 3 is 2.45 bits per heavy atom. The van der Waals surface area contributed by atoms with Crippen LogP contribution in [0.15, 0.2) is 18.2 Å². The third-order valence-electron chi connectivity index (χ3n) is 5.44. The second-order valence-corrected chi connectivity index (χ2v) is 8.57. The molecule has 162 valence electrons. The molecule has 1 heterocycles. The number of likely N-dealkylation sites (N-methyl/N-ethyl adjacent to an activating group) is 1. The van der Waals surface area contributed by atoms with Gasteiger partial charge in [-0.25, -0.2) is 0 Å². The van der Waals surface area contributed by atoms with Gasteiger partial charge in [-0.15, -0.1) is 0 Å². The molecular formula is C21H32Cl2N4O2. The Morgan fingerprint density at radius 2 is 1.86 bits per heavy atom. The molecule has 0 radical (unpaired) electrons. The number of benzene rings is 1. The van der Waals surface area contributed by atoms with Crippen LogP contribution in [-0.4, -0.2) is 60.8 Å². The number of anilines is 2. The molecule has 1 aliphatic heterocycles. The fraction of sp³-hybridized carbons (Fsp3) is 0.619. The molecule has 0 spiro atoms. The first-order chi connectivity index (χ1) is 13.8. The molecular weight excluding hydrogens is 411 g/mol. The van der Waals surface area contributed by atoms with Crippen molar-refractivity contribution in [1.82, 2.24) is 10.2 Å². The molecule has 0 unspecified atom stereocenters. The van der Waals surface area contributed by atoms with Gasteiger partial charge in [0.2, 0.25) is 0 Å². The Bertz CT molecular complexity index is 687. The topological polar surface area (TPSA) is 64.7 Å². The van der Waals surface area contributed by atoms with Crippen LogP contribution < -0.4 is 15.5 Å². The van der Waals surface area contributed by atoms with Gasteiger partial charge in [-0.1, -0.05) is 44.0 Å². The lowest BCUT2D eigenvalue weighted by Crippen LogP contribution is -2.37. The van der Waals surface area contributed by atoms with Crippen molar-refractivity contribution in [1.29, 1.82) is 0 Å². The van der Waals surface area contributed by atoms with E-state index in [1.807, 2.05) is 6.07 Å². The normalized spacial score (nSPS) is 15.1. The summed E-state index contributed by atoms with van der Waals surface area (Å²) in [4.78, 5) is 28.2. The highest BCUT2D eigenvalue weighted by Crippen LogP contribution is 2.29. The summed E-state index contributed by atoms with van der Waals surface area (Å²) in [5.41, 5.74) is 1.95. The summed E-state index contributed by atoms with van der Waals surface area (Å²) in [5, 5.41) is 5.67. The molecule has 1 aromatic carbocycles. The van der Waals surface area contributed by atoms with Crippen LogP contribution in [0.2, 0.25) is 0 Å². The number of piperidine rings is 1. The highest BCUT2D eigenvalue weighted by atomic mass is 35.5. The number of amides is 2. The van der Waals surface area contributed by atoms with Crippen LogP contribution >= 0.6 is 23.2 Å². The van der Waals surface area contributed by atoms with Crippen molar-refractivity contribution in [2.24, 2.45) is 5.92 Å². The van der Waals surface area contributed by atoms with Crippen molar-refractivity contribution in [3.05, 3.63) is 23.8 Å². The highest BCUT2D eigenvalue weighted by Gasteiger charge is 2.22. The zero-order chi connectivity index (χ0) is 21.4. The molecule has 1 saturated heterocycles. The predicted octanol–water partition coefficient (Wildman–Crippen LogP) is 3.74. The zero-order valence-corrected chi connectivity index (χ0v) is 19.0. The van der Waals surface area contributed by atoms with Crippen molar-refractivity contribution >= 4 is 46.4 Å². The number of rotatable bonds is 9. The van der Waals surface area contributed by atoms with Crippen LogP contribution in [0.3, 0.4) is 0 Å². The lowest BCUT2D eigenvalue weighted by Gasteiger charge is -2.33. The number of nitrogens with one attached hydrogen (secondary N) is 2. The molecule has 0 aromatic heterocycles. The first kappa shape index (κ1) is 23.8. The minimum atomic E-state index is -1.16. The van der Waals surface area contributed by atoms with E-state index >= 15 is 0 Å². The van der Waals surface area contributed by atoms with Crippen molar-refractivity contribution in [2.75, 3.05) is 49.5 Å². The fourth-order valence-electron chi connectivity index (χ4n) is 3.48. The molecule has 0 atom stereocenters. The van der Waals surface area contributed by atoms with Crippen LogP contribution in [0.4, 0.5) is 11.4 Å². The molecule has 29 heavy (non-hydrogen) atoms. The maximum absolute atomic E-state index is 13.0. The third-order valence-corrected chi connectivity index (χ3v) is 5.84. The summed E-state index contributed by atoms with van der Waals surface area (Å²) in [5.74, 6) is 0.0384. The summed E-state index contributed by atoms with van der Waals surface area (Å²) in [7, 11) is 0. The van der Waals surface area contributed by atoms with Gasteiger partial charge in [-0.05, 0) is 50.0 Å². The molecule has 2 N–H and O–H groups in total. The maximum Gasteiger partial charge on any atom is 0.257 e. The average molecular weight is 443 g/mol. The largest absolute Gasteiger partial charge is 0.371 e. The highest BCUT2D eigenvalue weighted by molar-refractivity contribution is 6.54. The van der Waals surface area contributed by atoms with Crippen LogP contribution in [0.1, 0.15) is 44.0 Å². The summed E-state index contributed by atoms with van der Waals surface area (Å²) < 4.78 is 0. The van der Waals surface area contributed by atoms with Crippen molar-refractivity contribution < 1.29 is 9.59 Å². The van der Waals surface area contributed by atoms with Crippen LogP contribution in [-0.2, 0) is 4.79 Å². The second-order valence-electron chi connectivity index (χ2n) is 7.47. The van der Waals surface area contributed by atoms with Gasteiger partial charge >= 0.3 is 0 Å². The van der Waals surface area contributed by atoms with E-state index in [0.717, 1.165) is 51.3 Å². The van der Waals surface area contributed by atoms with E-state index in [1.165, 1.54) is 0 Å². The van der Waals surface area contributed by atoms with Gasteiger partial charge < -0.3 is 20.4 Å². The van der Waals surface area contributed by atoms with Gasteiger partial charge in [0.05, 0.1) is 5.56 Å². The average Bonchev–Trinajstić information content (AvgIpc) is 2.71. The van der Waals surface area contributed by atoms with Crippen LogP contribution in [0, 0.1) is 5.92 Å².